The molecule has 9 nitrogen and oxygen atoms in total. The Morgan fingerprint density at radius 1 is 1.08 bits per heavy atom. The van der Waals surface area contributed by atoms with E-state index in [1.54, 1.807) is 6.07 Å². The number of aromatic nitrogens is 3. The van der Waals surface area contributed by atoms with Gasteiger partial charge in [-0.25, -0.2) is 14.0 Å². The number of halogens is 2. The van der Waals surface area contributed by atoms with Gasteiger partial charge >= 0.3 is 11.7 Å². The normalized spacial score (nSPS) is 13.2. The standard InChI is InChI=1S/C25H20FIN4O5/c1-12-20-19(21(29(2)22(12)32)28-18-10-5-14(27)11-17(18)26)23(33)31(16-8-9-16)25(36)30(20)15-6-3-13(4-7-15)24(34)35/h3-7,10-11,16,28H,8-9H2,1-2H3,(H,34,35). The molecule has 0 radical (unpaired) electrons. The van der Waals surface area contributed by atoms with Gasteiger partial charge in [0.05, 0.1) is 22.5 Å². The number of rotatable bonds is 5. The molecule has 0 saturated heterocycles. The van der Waals surface area contributed by atoms with E-state index in [-0.39, 0.29) is 39.6 Å². The first kappa shape index (κ1) is 24.0. The van der Waals surface area contributed by atoms with E-state index >= 15 is 0 Å². The molecule has 2 heterocycles. The van der Waals surface area contributed by atoms with E-state index < -0.39 is 28.6 Å². The fourth-order valence-electron chi connectivity index (χ4n) is 4.33. The Bertz CT molecular complexity index is 1750. The summed E-state index contributed by atoms with van der Waals surface area (Å²) in [6, 6.07) is 9.82. The number of pyridine rings is 1. The smallest absolute Gasteiger partial charge is 0.336 e. The highest BCUT2D eigenvalue weighted by Crippen LogP contribution is 2.34. The molecule has 11 heteroatoms. The molecule has 0 amide bonds. The van der Waals surface area contributed by atoms with Crippen LogP contribution in [0.5, 0.6) is 0 Å². The number of aromatic carboxylic acids is 1. The summed E-state index contributed by atoms with van der Waals surface area (Å²) in [5.74, 6) is -1.64. The van der Waals surface area contributed by atoms with Gasteiger partial charge in [0.15, 0.2) is 0 Å². The van der Waals surface area contributed by atoms with E-state index in [4.69, 9.17) is 0 Å². The van der Waals surface area contributed by atoms with Crippen molar-refractivity contribution in [3.63, 3.8) is 0 Å². The highest BCUT2D eigenvalue weighted by Gasteiger charge is 2.31. The minimum absolute atomic E-state index is 0.0239. The van der Waals surface area contributed by atoms with Crippen molar-refractivity contribution in [3.8, 4) is 5.69 Å². The molecule has 0 bridgehead atoms. The number of carboxylic acids is 1. The molecule has 4 aromatic rings. The number of nitrogens with zero attached hydrogens (tertiary/aromatic N) is 3. The number of hydrogen-bond acceptors (Lipinski definition) is 5. The van der Waals surface area contributed by atoms with Crippen LogP contribution in [0.3, 0.4) is 0 Å². The van der Waals surface area contributed by atoms with Crippen LogP contribution in [0, 0.1) is 16.3 Å². The summed E-state index contributed by atoms with van der Waals surface area (Å²) in [7, 11) is 1.47. The van der Waals surface area contributed by atoms with Crippen molar-refractivity contribution in [1.82, 2.24) is 13.7 Å². The van der Waals surface area contributed by atoms with Crippen LogP contribution in [-0.2, 0) is 7.05 Å². The first-order valence-electron chi connectivity index (χ1n) is 11.1. The lowest BCUT2D eigenvalue weighted by molar-refractivity contribution is 0.0697. The molecule has 5 rings (SSSR count). The Balaban J connectivity index is 1.91. The Labute approximate surface area is 216 Å². The zero-order valence-corrected chi connectivity index (χ0v) is 21.4. The van der Waals surface area contributed by atoms with Gasteiger partial charge in [-0.2, -0.15) is 0 Å². The Morgan fingerprint density at radius 3 is 2.33 bits per heavy atom. The van der Waals surface area contributed by atoms with E-state index in [0.717, 1.165) is 4.57 Å². The molecule has 1 saturated carbocycles. The van der Waals surface area contributed by atoms with Crippen LogP contribution in [-0.4, -0.2) is 24.8 Å². The van der Waals surface area contributed by atoms with Crippen LogP contribution < -0.4 is 22.1 Å². The van der Waals surface area contributed by atoms with E-state index in [9.17, 15) is 28.7 Å². The van der Waals surface area contributed by atoms with E-state index in [1.165, 1.54) is 59.5 Å². The Kier molecular flexibility index (Phi) is 5.81. The average molecular weight is 602 g/mol. The second-order valence-corrected chi connectivity index (χ2v) is 9.93. The van der Waals surface area contributed by atoms with Gasteiger partial charge in [0.2, 0.25) is 0 Å². The van der Waals surface area contributed by atoms with Gasteiger partial charge in [-0.1, -0.05) is 0 Å². The lowest BCUT2D eigenvalue weighted by Crippen LogP contribution is -2.41. The third-order valence-corrected chi connectivity index (χ3v) is 6.98. The molecular formula is C25H20FIN4O5. The topological polar surface area (TPSA) is 115 Å². The molecule has 2 aromatic carbocycles. The van der Waals surface area contributed by atoms with Gasteiger partial charge in [0.25, 0.3) is 11.1 Å². The minimum Gasteiger partial charge on any atom is -0.478 e. The van der Waals surface area contributed by atoms with E-state index in [1.807, 2.05) is 22.6 Å². The van der Waals surface area contributed by atoms with Crippen molar-refractivity contribution in [2.75, 3.05) is 5.32 Å². The van der Waals surface area contributed by atoms with Gasteiger partial charge in [-0.3, -0.25) is 23.3 Å². The molecular weight excluding hydrogens is 582 g/mol. The molecule has 1 aliphatic carbocycles. The van der Waals surface area contributed by atoms with Crippen LogP contribution in [0.1, 0.15) is 34.8 Å². The lowest BCUT2D eigenvalue weighted by atomic mass is 10.1. The summed E-state index contributed by atoms with van der Waals surface area (Å²) in [6.45, 7) is 1.52. The van der Waals surface area contributed by atoms with Crippen molar-refractivity contribution < 1.29 is 14.3 Å². The minimum atomic E-state index is -1.13. The molecule has 1 aliphatic rings. The summed E-state index contributed by atoms with van der Waals surface area (Å²) in [5, 5.41) is 12.2. The van der Waals surface area contributed by atoms with E-state index in [0.29, 0.717) is 22.1 Å². The Hall–Kier alpha value is -3.74. The van der Waals surface area contributed by atoms with Crippen molar-refractivity contribution in [2.45, 2.75) is 25.8 Å². The highest BCUT2D eigenvalue weighted by molar-refractivity contribution is 14.1. The molecule has 36 heavy (non-hydrogen) atoms. The SMILES string of the molecule is Cc1c(=O)n(C)c(Nc2ccc(I)cc2F)c2c(=O)n(C3CC3)c(=O)n(-c3ccc(C(=O)O)cc3)c12. The van der Waals surface area contributed by atoms with Crippen molar-refractivity contribution >= 4 is 51.0 Å². The lowest BCUT2D eigenvalue weighted by Gasteiger charge is -2.20. The molecule has 0 spiro atoms. The van der Waals surface area contributed by atoms with Crippen molar-refractivity contribution in [1.29, 1.82) is 0 Å². The van der Waals surface area contributed by atoms with Crippen LogP contribution in [0.2, 0.25) is 0 Å². The largest absolute Gasteiger partial charge is 0.478 e. The number of fused-ring (bicyclic) bond motifs is 1. The van der Waals surface area contributed by atoms with Crippen LogP contribution >= 0.6 is 22.6 Å². The number of carboxylic acid groups (broad SMARTS) is 1. The first-order valence-corrected chi connectivity index (χ1v) is 12.1. The number of aryl methyl sites for hydroxylation is 1. The number of anilines is 2. The second kappa shape index (κ2) is 8.73. The second-order valence-electron chi connectivity index (χ2n) is 8.69. The van der Waals surface area contributed by atoms with Crippen molar-refractivity contribution in [3.05, 3.63) is 94.2 Å². The van der Waals surface area contributed by atoms with Crippen LogP contribution in [0.4, 0.5) is 15.9 Å². The summed E-state index contributed by atoms with van der Waals surface area (Å²) < 4.78 is 19.1. The van der Waals surface area contributed by atoms with E-state index in [2.05, 4.69) is 5.32 Å². The number of hydrogen-bond donors (Lipinski definition) is 2. The zero-order chi connectivity index (χ0) is 25.9. The maximum atomic E-state index is 14.7. The highest BCUT2D eigenvalue weighted by atomic mass is 127. The quantitative estimate of drug-likeness (QED) is 0.337. The predicted octanol–water partition coefficient (Wildman–Crippen LogP) is 3.68. The zero-order valence-electron chi connectivity index (χ0n) is 19.2. The van der Waals surface area contributed by atoms with Gasteiger partial charge in [0.1, 0.15) is 17.0 Å². The summed E-state index contributed by atoms with van der Waals surface area (Å²) in [4.78, 5) is 51.9. The Morgan fingerprint density at radius 2 is 1.75 bits per heavy atom. The van der Waals surface area contributed by atoms with Crippen LogP contribution in [0.15, 0.2) is 56.8 Å². The maximum absolute atomic E-state index is 14.7. The predicted molar refractivity (Wildman–Crippen MR) is 141 cm³/mol. The summed E-state index contributed by atoms with van der Waals surface area (Å²) in [5.41, 5.74) is -1.06. The molecule has 0 atom stereocenters. The summed E-state index contributed by atoms with van der Waals surface area (Å²) >= 11 is 1.98. The third-order valence-electron chi connectivity index (χ3n) is 6.31. The van der Waals surface area contributed by atoms with Crippen molar-refractivity contribution in [2.24, 2.45) is 7.05 Å². The monoisotopic (exact) mass is 602 g/mol. The molecule has 0 aliphatic heterocycles. The molecule has 1 fully saturated rings. The first-order chi connectivity index (χ1) is 17.1. The fourth-order valence-corrected chi connectivity index (χ4v) is 4.78. The van der Waals surface area contributed by atoms with Gasteiger partial charge in [0, 0.05) is 22.2 Å². The van der Waals surface area contributed by atoms with Gasteiger partial charge in [-0.15, -0.1) is 0 Å². The number of carbonyl (C=O) groups is 1. The van der Waals surface area contributed by atoms with Gasteiger partial charge < -0.3 is 10.4 Å². The summed E-state index contributed by atoms with van der Waals surface area (Å²) in [6.07, 6.45) is 1.30. The molecule has 184 valence electrons. The molecule has 2 N–H and O–H groups in total. The van der Waals surface area contributed by atoms with Crippen LogP contribution in [0.25, 0.3) is 16.6 Å². The average Bonchev–Trinajstić information content (AvgIpc) is 3.67. The maximum Gasteiger partial charge on any atom is 0.336 e. The molecule has 2 aromatic heterocycles. The number of nitrogens with one attached hydrogen (secondary N) is 1. The fraction of sp³-hybridized carbons (Fsp3) is 0.200. The number of benzene rings is 2. The third kappa shape index (κ3) is 3.83. The van der Waals surface area contributed by atoms with Gasteiger partial charge in [-0.05, 0) is 84.8 Å². The molecule has 0 unspecified atom stereocenters.